The monoisotopic (exact) mass is 359 g/mol. The molecule has 2 N–H and O–H groups in total. The first kappa shape index (κ1) is 16.7. The van der Waals surface area contributed by atoms with E-state index in [1.54, 1.807) is 6.07 Å². The number of fused-ring (bicyclic) bond motifs is 2. The van der Waals surface area contributed by atoms with Gasteiger partial charge in [-0.3, -0.25) is 4.79 Å². The molecule has 1 amide bonds. The van der Waals surface area contributed by atoms with Crippen molar-refractivity contribution in [3.05, 3.63) is 59.8 Å². The van der Waals surface area contributed by atoms with Crippen LogP contribution in [0.25, 0.3) is 22.6 Å². The van der Waals surface area contributed by atoms with Gasteiger partial charge in [0.2, 0.25) is 12.7 Å². The minimum absolute atomic E-state index is 0.192. The normalized spacial score (nSPS) is 12.9. The second kappa shape index (κ2) is 6.89. The Kier molecular flexibility index (Phi) is 4.27. The molecule has 0 aliphatic carbocycles. The van der Waals surface area contributed by atoms with Gasteiger partial charge < -0.3 is 19.8 Å². The van der Waals surface area contributed by atoms with E-state index >= 15 is 0 Å². The van der Waals surface area contributed by atoms with Crippen molar-refractivity contribution >= 4 is 28.5 Å². The van der Waals surface area contributed by atoms with Crippen molar-refractivity contribution < 1.29 is 14.3 Å². The number of rotatable bonds is 5. The van der Waals surface area contributed by atoms with E-state index in [-0.39, 0.29) is 19.1 Å². The number of nitrogens with zero attached hydrogens (tertiary/aromatic N) is 2. The molecule has 0 atom stereocenters. The first-order valence-corrected chi connectivity index (χ1v) is 8.54. The molecule has 27 heavy (non-hydrogen) atoms. The van der Waals surface area contributed by atoms with E-state index in [0.717, 1.165) is 22.0 Å². The zero-order valence-electron chi connectivity index (χ0n) is 14.5. The highest BCUT2D eigenvalue weighted by Gasteiger charge is 2.15. The fourth-order valence-electron chi connectivity index (χ4n) is 3.21. The van der Waals surface area contributed by atoms with Gasteiger partial charge >= 0.3 is 0 Å². The van der Waals surface area contributed by atoms with Crippen LogP contribution >= 0.6 is 0 Å². The number of amides is 1. The van der Waals surface area contributed by atoms with Crippen LogP contribution in [0, 0.1) is 11.3 Å². The maximum absolute atomic E-state index is 11.1. The van der Waals surface area contributed by atoms with Crippen LogP contribution in [0.5, 0.6) is 11.5 Å². The zero-order valence-corrected chi connectivity index (χ0v) is 14.5. The van der Waals surface area contributed by atoms with Gasteiger partial charge in [0.15, 0.2) is 11.5 Å². The molecular formula is C21H17N3O3. The Balaban J connectivity index is 1.76. The lowest BCUT2D eigenvalue weighted by atomic mass is 10.0. The highest BCUT2D eigenvalue weighted by molar-refractivity contribution is 5.98. The number of aromatic nitrogens is 1. The summed E-state index contributed by atoms with van der Waals surface area (Å²) in [7, 11) is 0. The summed E-state index contributed by atoms with van der Waals surface area (Å²) < 4.78 is 12.7. The molecule has 134 valence electrons. The maximum Gasteiger partial charge on any atom is 0.231 e. The summed E-state index contributed by atoms with van der Waals surface area (Å²) in [5.41, 5.74) is 8.46. The van der Waals surface area contributed by atoms with Gasteiger partial charge in [0.05, 0.1) is 11.6 Å². The van der Waals surface area contributed by atoms with Gasteiger partial charge in [-0.1, -0.05) is 18.2 Å². The number of aryl methyl sites for hydroxylation is 1. The zero-order chi connectivity index (χ0) is 18.8. The third-order valence-electron chi connectivity index (χ3n) is 4.52. The summed E-state index contributed by atoms with van der Waals surface area (Å²) in [6.45, 7) is 0.688. The molecule has 3 aromatic rings. The van der Waals surface area contributed by atoms with Crippen LogP contribution in [0.4, 0.5) is 0 Å². The second-order valence-corrected chi connectivity index (χ2v) is 6.25. The number of primary amides is 1. The average molecular weight is 359 g/mol. The largest absolute Gasteiger partial charge is 0.454 e. The van der Waals surface area contributed by atoms with E-state index in [4.69, 9.17) is 15.2 Å². The van der Waals surface area contributed by atoms with Crippen molar-refractivity contribution in [1.82, 2.24) is 4.57 Å². The molecule has 0 saturated carbocycles. The van der Waals surface area contributed by atoms with Crippen molar-refractivity contribution in [2.24, 2.45) is 5.73 Å². The summed E-state index contributed by atoms with van der Waals surface area (Å²) in [5, 5.41) is 10.7. The molecule has 1 aliphatic rings. The number of ether oxygens (including phenoxy) is 2. The molecule has 0 radical (unpaired) electrons. The molecule has 2 aromatic carbocycles. The van der Waals surface area contributed by atoms with Crippen LogP contribution in [0.15, 0.2) is 48.7 Å². The summed E-state index contributed by atoms with van der Waals surface area (Å²) in [6.07, 6.45) is 4.05. The Hall–Kier alpha value is -3.72. The number of hydrogen-bond donors (Lipinski definition) is 1. The summed E-state index contributed by atoms with van der Waals surface area (Å²) in [6, 6.07) is 15.6. The molecule has 4 rings (SSSR count). The first-order chi connectivity index (χ1) is 13.2. The Bertz CT molecular complexity index is 1110. The molecule has 0 fully saturated rings. The molecule has 0 bridgehead atoms. The Labute approximate surface area is 156 Å². The molecule has 2 heterocycles. The van der Waals surface area contributed by atoms with E-state index in [9.17, 15) is 10.1 Å². The number of carbonyl (C=O) groups is 1. The maximum atomic E-state index is 11.1. The molecule has 1 aromatic heterocycles. The van der Waals surface area contributed by atoms with E-state index in [2.05, 4.69) is 6.07 Å². The second-order valence-electron chi connectivity index (χ2n) is 6.25. The van der Waals surface area contributed by atoms with Crippen LogP contribution < -0.4 is 15.2 Å². The van der Waals surface area contributed by atoms with E-state index in [1.807, 2.05) is 53.2 Å². The van der Waals surface area contributed by atoms with Crippen LogP contribution in [-0.4, -0.2) is 17.3 Å². The Morgan fingerprint density at radius 2 is 2.04 bits per heavy atom. The van der Waals surface area contributed by atoms with Gasteiger partial charge in [0.1, 0.15) is 0 Å². The quantitative estimate of drug-likeness (QED) is 0.708. The fourth-order valence-corrected chi connectivity index (χ4v) is 3.21. The van der Waals surface area contributed by atoms with Crippen molar-refractivity contribution in [1.29, 1.82) is 5.26 Å². The van der Waals surface area contributed by atoms with Gasteiger partial charge in [-0.25, -0.2) is 0 Å². The molecular weight excluding hydrogens is 342 g/mol. The van der Waals surface area contributed by atoms with Crippen molar-refractivity contribution in [2.45, 2.75) is 13.0 Å². The minimum atomic E-state index is -0.344. The van der Waals surface area contributed by atoms with E-state index < -0.39 is 0 Å². The third-order valence-corrected chi connectivity index (χ3v) is 4.52. The Morgan fingerprint density at radius 1 is 1.22 bits per heavy atom. The number of hydrogen-bond acceptors (Lipinski definition) is 4. The molecule has 6 nitrogen and oxygen atoms in total. The summed E-state index contributed by atoms with van der Waals surface area (Å²) in [5.74, 6) is 0.972. The number of carbonyl (C=O) groups excluding carboxylic acids is 1. The summed E-state index contributed by atoms with van der Waals surface area (Å²) >= 11 is 0. The van der Waals surface area contributed by atoms with Gasteiger partial charge in [-0.05, 0) is 35.9 Å². The van der Waals surface area contributed by atoms with Crippen LogP contribution in [0.3, 0.4) is 0 Å². The van der Waals surface area contributed by atoms with Crippen molar-refractivity contribution in [3.63, 3.8) is 0 Å². The van der Waals surface area contributed by atoms with E-state index in [1.165, 1.54) is 0 Å². The third kappa shape index (κ3) is 3.23. The van der Waals surface area contributed by atoms with Crippen molar-refractivity contribution in [2.75, 3.05) is 6.79 Å². The number of benzene rings is 2. The molecule has 0 unspecified atom stereocenters. The highest BCUT2D eigenvalue weighted by atomic mass is 16.7. The topological polar surface area (TPSA) is 90.3 Å². The SMILES string of the molecule is N#C/C(=C/c1cn(CCC(N)=O)c2ccccc12)c1ccc2c(c1)OCO2. The van der Waals surface area contributed by atoms with E-state index in [0.29, 0.717) is 23.6 Å². The predicted molar refractivity (Wildman–Crippen MR) is 102 cm³/mol. The molecule has 0 spiro atoms. The van der Waals surface area contributed by atoms with Gasteiger partial charge in [0.25, 0.3) is 0 Å². The smallest absolute Gasteiger partial charge is 0.231 e. The lowest BCUT2D eigenvalue weighted by molar-refractivity contribution is -0.118. The van der Waals surface area contributed by atoms with Gasteiger partial charge in [0, 0.05) is 35.6 Å². The number of nitrogens with two attached hydrogens (primary N) is 1. The fraction of sp³-hybridized carbons (Fsp3) is 0.143. The average Bonchev–Trinajstić information content (AvgIpc) is 3.28. The lowest BCUT2D eigenvalue weighted by Gasteiger charge is -2.02. The molecule has 6 heteroatoms. The number of para-hydroxylation sites is 1. The lowest BCUT2D eigenvalue weighted by Crippen LogP contribution is -2.13. The van der Waals surface area contributed by atoms with Gasteiger partial charge in [-0.15, -0.1) is 0 Å². The first-order valence-electron chi connectivity index (χ1n) is 8.54. The minimum Gasteiger partial charge on any atom is -0.454 e. The number of allylic oxidation sites excluding steroid dienone is 1. The number of nitriles is 1. The predicted octanol–water partition coefficient (Wildman–Crippen LogP) is 3.31. The molecule has 0 saturated heterocycles. The standard InChI is InChI=1S/C21H17N3O3/c22-11-15(14-5-6-19-20(10-14)27-13-26-19)9-16-12-24(8-7-21(23)25)18-4-2-1-3-17(16)18/h1-6,9-10,12H,7-8,13H2,(H2,23,25)/b15-9-. The van der Waals surface area contributed by atoms with Crippen LogP contribution in [0.2, 0.25) is 0 Å². The molecule has 1 aliphatic heterocycles. The van der Waals surface area contributed by atoms with Crippen LogP contribution in [-0.2, 0) is 11.3 Å². The Morgan fingerprint density at radius 3 is 2.85 bits per heavy atom. The van der Waals surface area contributed by atoms with Crippen LogP contribution in [0.1, 0.15) is 17.5 Å². The van der Waals surface area contributed by atoms with Gasteiger partial charge in [-0.2, -0.15) is 5.26 Å². The van der Waals surface area contributed by atoms with Crippen molar-refractivity contribution in [3.8, 4) is 17.6 Å². The summed E-state index contributed by atoms with van der Waals surface area (Å²) in [4.78, 5) is 11.1. The highest BCUT2D eigenvalue weighted by Crippen LogP contribution is 2.35.